The number of fused-ring (bicyclic) bond motifs is 1. The van der Waals surface area contributed by atoms with Crippen LogP contribution in [0.15, 0.2) is 12.1 Å². The first-order chi connectivity index (χ1) is 7.24. The monoisotopic (exact) mass is 244 g/mol. The molecule has 0 saturated heterocycles. The lowest BCUT2D eigenvalue weighted by Crippen LogP contribution is -2.36. The number of nitrogens with two attached hydrogens (primary N) is 1. The molecule has 1 aliphatic rings. The molecule has 1 aromatic carbocycles. The van der Waals surface area contributed by atoms with E-state index in [1.165, 1.54) is 11.1 Å². The van der Waals surface area contributed by atoms with Gasteiger partial charge in [0.15, 0.2) is 11.5 Å². The molecule has 16 heavy (non-hydrogen) atoms. The Morgan fingerprint density at radius 3 is 2.25 bits per heavy atom. The van der Waals surface area contributed by atoms with Gasteiger partial charge in [-0.15, -0.1) is 12.4 Å². The summed E-state index contributed by atoms with van der Waals surface area (Å²) in [6, 6.07) is 4.05. The molecule has 0 atom stereocenters. The molecular formula is C11H17ClN2O2. The average molecular weight is 245 g/mol. The summed E-state index contributed by atoms with van der Waals surface area (Å²) in [6.45, 7) is 1.66. The Labute approximate surface area is 102 Å². The van der Waals surface area contributed by atoms with Crippen LogP contribution in [0.3, 0.4) is 0 Å². The van der Waals surface area contributed by atoms with Gasteiger partial charge in [0.1, 0.15) is 0 Å². The zero-order valence-electron chi connectivity index (χ0n) is 9.53. The van der Waals surface area contributed by atoms with E-state index in [-0.39, 0.29) is 12.4 Å². The second-order valence-corrected chi connectivity index (χ2v) is 3.70. The molecule has 0 amide bonds. The first-order valence-corrected chi connectivity index (χ1v) is 4.98. The fourth-order valence-corrected chi connectivity index (χ4v) is 1.91. The van der Waals surface area contributed by atoms with Crippen LogP contribution in [0.2, 0.25) is 0 Å². The Balaban J connectivity index is 0.00000128. The van der Waals surface area contributed by atoms with Gasteiger partial charge < -0.3 is 9.47 Å². The predicted octanol–water partition coefficient (Wildman–Crippen LogP) is 1.36. The molecule has 1 aromatic rings. The van der Waals surface area contributed by atoms with Crippen LogP contribution in [0.4, 0.5) is 0 Å². The zero-order valence-corrected chi connectivity index (χ0v) is 10.3. The van der Waals surface area contributed by atoms with E-state index in [9.17, 15) is 0 Å². The van der Waals surface area contributed by atoms with E-state index in [2.05, 4.69) is 0 Å². The quantitative estimate of drug-likeness (QED) is 0.798. The van der Waals surface area contributed by atoms with Gasteiger partial charge in [0, 0.05) is 13.1 Å². The third kappa shape index (κ3) is 2.40. The predicted molar refractivity (Wildman–Crippen MR) is 65.1 cm³/mol. The van der Waals surface area contributed by atoms with E-state index in [1.807, 2.05) is 17.1 Å². The Bertz CT molecular complexity index is 371. The van der Waals surface area contributed by atoms with Crippen molar-refractivity contribution in [3.8, 4) is 11.5 Å². The van der Waals surface area contributed by atoms with Crippen LogP contribution in [-0.4, -0.2) is 25.8 Å². The largest absolute Gasteiger partial charge is 0.493 e. The van der Waals surface area contributed by atoms with E-state index in [0.29, 0.717) is 0 Å². The molecule has 90 valence electrons. The molecule has 0 spiro atoms. The first-order valence-electron chi connectivity index (χ1n) is 4.98. The lowest BCUT2D eigenvalue weighted by Gasteiger charge is -2.25. The molecule has 2 N–H and O–H groups in total. The van der Waals surface area contributed by atoms with E-state index < -0.39 is 0 Å². The minimum atomic E-state index is 0. The van der Waals surface area contributed by atoms with Gasteiger partial charge >= 0.3 is 0 Å². The van der Waals surface area contributed by atoms with Gasteiger partial charge in [-0.2, -0.15) is 0 Å². The fourth-order valence-electron chi connectivity index (χ4n) is 1.91. The van der Waals surface area contributed by atoms with Crippen LogP contribution >= 0.6 is 12.4 Å². The highest BCUT2D eigenvalue weighted by Gasteiger charge is 2.17. The minimum absolute atomic E-state index is 0. The molecule has 0 aromatic heterocycles. The van der Waals surface area contributed by atoms with Gasteiger partial charge in [-0.3, -0.25) is 5.84 Å². The van der Waals surface area contributed by atoms with Crippen molar-refractivity contribution in [1.29, 1.82) is 0 Å². The fraction of sp³-hybridized carbons (Fsp3) is 0.455. The van der Waals surface area contributed by atoms with E-state index in [1.54, 1.807) is 14.2 Å². The zero-order chi connectivity index (χ0) is 10.8. The van der Waals surface area contributed by atoms with Crippen LogP contribution in [-0.2, 0) is 13.0 Å². The van der Waals surface area contributed by atoms with Crippen molar-refractivity contribution in [2.45, 2.75) is 13.0 Å². The minimum Gasteiger partial charge on any atom is -0.493 e. The number of rotatable bonds is 2. The van der Waals surface area contributed by atoms with Gasteiger partial charge in [0.05, 0.1) is 14.2 Å². The van der Waals surface area contributed by atoms with E-state index in [0.717, 1.165) is 31.0 Å². The summed E-state index contributed by atoms with van der Waals surface area (Å²) in [6.07, 6.45) is 0.964. The van der Waals surface area contributed by atoms with Gasteiger partial charge in [0.2, 0.25) is 0 Å². The van der Waals surface area contributed by atoms with Crippen LogP contribution in [0.1, 0.15) is 11.1 Å². The molecule has 0 bridgehead atoms. The number of halogens is 1. The summed E-state index contributed by atoms with van der Waals surface area (Å²) >= 11 is 0. The van der Waals surface area contributed by atoms with Crippen molar-refractivity contribution in [2.24, 2.45) is 5.84 Å². The van der Waals surface area contributed by atoms with Crippen molar-refractivity contribution >= 4 is 12.4 Å². The average Bonchev–Trinajstić information content (AvgIpc) is 2.27. The summed E-state index contributed by atoms with van der Waals surface area (Å²) in [5, 5.41) is 1.81. The van der Waals surface area contributed by atoms with Crippen molar-refractivity contribution < 1.29 is 9.47 Å². The molecule has 0 saturated carbocycles. The third-order valence-corrected chi connectivity index (χ3v) is 2.75. The maximum Gasteiger partial charge on any atom is 0.161 e. The maximum atomic E-state index is 5.77. The molecule has 1 aliphatic heterocycles. The molecule has 0 radical (unpaired) electrons. The number of hydrogen-bond acceptors (Lipinski definition) is 4. The number of ether oxygens (including phenoxy) is 2. The Morgan fingerprint density at radius 2 is 1.69 bits per heavy atom. The molecule has 4 nitrogen and oxygen atoms in total. The highest BCUT2D eigenvalue weighted by Crippen LogP contribution is 2.32. The normalized spacial score (nSPS) is 14.9. The molecule has 5 heteroatoms. The summed E-state index contributed by atoms with van der Waals surface area (Å²) in [7, 11) is 3.30. The van der Waals surface area contributed by atoms with Crippen LogP contribution in [0.25, 0.3) is 0 Å². The van der Waals surface area contributed by atoms with E-state index >= 15 is 0 Å². The van der Waals surface area contributed by atoms with Gasteiger partial charge in [-0.25, -0.2) is 5.01 Å². The molecular weight excluding hydrogens is 228 g/mol. The summed E-state index contributed by atoms with van der Waals surface area (Å²) < 4.78 is 10.5. The van der Waals surface area contributed by atoms with Crippen molar-refractivity contribution in [2.75, 3.05) is 20.8 Å². The number of hydrogen-bond donors (Lipinski definition) is 1. The lowest BCUT2D eigenvalue weighted by molar-refractivity contribution is 0.261. The highest BCUT2D eigenvalue weighted by atomic mass is 35.5. The number of nitrogens with zero attached hydrogens (tertiary/aromatic N) is 1. The number of benzene rings is 1. The van der Waals surface area contributed by atoms with Gasteiger partial charge in [-0.05, 0) is 29.7 Å². The van der Waals surface area contributed by atoms with Gasteiger partial charge in [0.25, 0.3) is 0 Å². The van der Waals surface area contributed by atoms with Crippen LogP contribution in [0.5, 0.6) is 11.5 Å². The SMILES string of the molecule is COc1cc2c(cc1OC)CN(N)CC2.Cl. The smallest absolute Gasteiger partial charge is 0.161 e. The summed E-state index contributed by atoms with van der Waals surface area (Å²) in [5.41, 5.74) is 2.52. The van der Waals surface area contributed by atoms with Crippen LogP contribution < -0.4 is 15.3 Å². The molecule has 0 aliphatic carbocycles. The molecule has 2 rings (SSSR count). The Morgan fingerprint density at radius 1 is 1.12 bits per heavy atom. The Kier molecular flexibility index (Phi) is 4.41. The summed E-state index contributed by atoms with van der Waals surface area (Å²) in [4.78, 5) is 0. The Hall–Kier alpha value is -0.970. The van der Waals surface area contributed by atoms with Crippen LogP contribution in [0, 0.1) is 0 Å². The third-order valence-electron chi connectivity index (χ3n) is 2.75. The van der Waals surface area contributed by atoms with Crippen molar-refractivity contribution in [3.63, 3.8) is 0 Å². The van der Waals surface area contributed by atoms with Crippen molar-refractivity contribution in [1.82, 2.24) is 5.01 Å². The second-order valence-electron chi connectivity index (χ2n) is 3.70. The number of methoxy groups -OCH3 is 2. The topological polar surface area (TPSA) is 47.7 Å². The lowest BCUT2D eigenvalue weighted by atomic mass is 10.00. The van der Waals surface area contributed by atoms with E-state index in [4.69, 9.17) is 15.3 Å². The number of hydrazine groups is 1. The van der Waals surface area contributed by atoms with Gasteiger partial charge in [-0.1, -0.05) is 0 Å². The standard InChI is InChI=1S/C11H16N2O2.ClH/c1-14-10-5-8-3-4-13(12)7-9(8)6-11(10)15-2;/h5-6H,3-4,7,12H2,1-2H3;1H. The molecule has 0 fully saturated rings. The highest BCUT2D eigenvalue weighted by molar-refractivity contribution is 5.85. The molecule has 0 unspecified atom stereocenters. The van der Waals surface area contributed by atoms with Crippen molar-refractivity contribution in [3.05, 3.63) is 23.3 Å². The second kappa shape index (κ2) is 5.39. The first kappa shape index (κ1) is 13.1. The summed E-state index contributed by atoms with van der Waals surface area (Å²) in [5.74, 6) is 7.34. The maximum absolute atomic E-state index is 5.77. The molecule has 1 heterocycles.